The molecule has 1 aromatic carbocycles. The maximum Gasteiger partial charge on any atom is 0.238 e. The van der Waals surface area contributed by atoms with Crippen LogP contribution in [0.1, 0.15) is 57.6 Å². The van der Waals surface area contributed by atoms with Crippen LogP contribution in [0.25, 0.3) is 0 Å². The summed E-state index contributed by atoms with van der Waals surface area (Å²) in [6.45, 7) is 4.37. The minimum atomic E-state index is -3.61. The van der Waals surface area contributed by atoms with E-state index in [1.807, 2.05) is 12.1 Å². The molecule has 4 nitrogen and oxygen atoms in total. The molecule has 1 fully saturated rings. The summed E-state index contributed by atoms with van der Waals surface area (Å²) in [5.74, 6) is 0.755. The molecular weight excluding hydrogens is 284 g/mol. The van der Waals surface area contributed by atoms with E-state index in [1.54, 1.807) is 12.1 Å². The Morgan fingerprint density at radius 3 is 2.19 bits per heavy atom. The second-order valence-corrected chi connectivity index (χ2v) is 7.75. The molecular formula is C16H26N2O2S. The minimum absolute atomic E-state index is 0.166. The first-order valence-corrected chi connectivity index (χ1v) is 9.31. The summed E-state index contributed by atoms with van der Waals surface area (Å²) >= 11 is 0. The summed E-state index contributed by atoms with van der Waals surface area (Å²) in [4.78, 5) is 0.166. The third-order valence-corrected chi connectivity index (χ3v) is 5.51. The normalized spacial score (nSPS) is 20.1. The zero-order valence-electron chi connectivity index (χ0n) is 12.9. The molecule has 0 amide bonds. The van der Waals surface area contributed by atoms with Crippen molar-refractivity contribution in [3.8, 4) is 0 Å². The van der Waals surface area contributed by atoms with E-state index in [-0.39, 0.29) is 10.9 Å². The topological polar surface area (TPSA) is 72.2 Å². The monoisotopic (exact) mass is 310 g/mol. The minimum Gasteiger partial charge on any atom is -0.307 e. The number of nitrogens with two attached hydrogens (primary N) is 1. The van der Waals surface area contributed by atoms with Gasteiger partial charge in [-0.3, -0.25) is 0 Å². The highest BCUT2D eigenvalue weighted by atomic mass is 32.2. The van der Waals surface area contributed by atoms with Crippen LogP contribution in [0.3, 0.4) is 0 Å². The summed E-state index contributed by atoms with van der Waals surface area (Å²) in [6.07, 6.45) is 6.67. The van der Waals surface area contributed by atoms with Gasteiger partial charge >= 0.3 is 0 Å². The fraction of sp³-hybridized carbons (Fsp3) is 0.625. The number of hydrogen-bond acceptors (Lipinski definition) is 3. The highest BCUT2D eigenvalue weighted by Gasteiger charge is 2.21. The molecule has 3 N–H and O–H groups in total. The van der Waals surface area contributed by atoms with Gasteiger partial charge in [0.05, 0.1) is 4.90 Å². The Kier molecular flexibility index (Phi) is 5.41. The van der Waals surface area contributed by atoms with Gasteiger partial charge in [0.1, 0.15) is 0 Å². The molecule has 1 aromatic rings. The van der Waals surface area contributed by atoms with Gasteiger partial charge in [0.2, 0.25) is 10.0 Å². The maximum atomic E-state index is 11.3. The van der Waals surface area contributed by atoms with Crippen LogP contribution < -0.4 is 10.5 Å². The molecule has 0 aliphatic heterocycles. The molecule has 1 aliphatic rings. The van der Waals surface area contributed by atoms with E-state index in [4.69, 9.17) is 5.14 Å². The number of benzene rings is 1. The Balaban J connectivity index is 1.97. The van der Waals surface area contributed by atoms with Gasteiger partial charge in [-0.2, -0.15) is 0 Å². The smallest absolute Gasteiger partial charge is 0.238 e. The van der Waals surface area contributed by atoms with Crippen LogP contribution in [-0.2, 0) is 10.0 Å². The summed E-state index contributed by atoms with van der Waals surface area (Å²) < 4.78 is 22.5. The van der Waals surface area contributed by atoms with Crippen LogP contribution in [0.4, 0.5) is 0 Å². The number of nitrogens with one attached hydrogen (secondary N) is 1. The van der Waals surface area contributed by atoms with Crippen LogP contribution in [-0.4, -0.2) is 14.5 Å². The average Bonchev–Trinajstić information content (AvgIpc) is 2.47. The third kappa shape index (κ3) is 4.53. The SMILES string of the molecule is CC(N[C@H](C)C1CCCCC1)c1ccc(S(N)(=O)=O)cc1. The van der Waals surface area contributed by atoms with Crippen molar-refractivity contribution in [2.45, 2.75) is 62.9 Å². The van der Waals surface area contributed by atoms with Crippen molar-refractivity contribution in [1.29, 1.82) is 0 Å². The summed E-state index contributed by atoms with van der Waals surface area (Å²) in [5.41, 5.74) is 1.09. The molecule has 1 saturated carbocycles. The number of primary sulfonamides is 1. The Morgan fingerprint density at radius 1 is 1.10 bits per heavy atom. The molecule has 5 heteroatoms. The molecule has 118 valence electrons. The standard InChI is InChI=1S/C16H26N2O2S/c1-12(14-6-4-3-5-7-14)18-13(2)15-8-10-16(11-9-15)21(17,19)20/h8-14,18H,3-7H2,1-2H3,(H2,17,19,20)/t12-,13?/m1/s1. The van der Waals surface area contributed by atoms with E-state index in [0.717, 1.165) is 11.5 Å². The van der Waals surface area contributed by atoms with Gasteiger partial charge in [-0.15, -0.1) is 0 Å². The first-order valence-electron chi connectivity index (χ1n) is 7.77. The van der Waals surface area contributed by atoms with Crippen molar-refractivity contribution in [2.75, 3.05) is 0 Å². The van der Waals surface area contributed by atoms with E-state index in [0.29, 0.717) is 6.04 Å². The molecule has 0 spiro atoms. The predicted octanol–water partition coefficient (Wildman–Crippen LogP) is 2.95. The molecule has 1 unspecified atom stereocenters. The van der Waals surface area contributed by atoms with Gasteiger partial charge in [-0.1, -0.05) is 31.4 Å². The number of hydrogen-bond donors (Lipinski definition) is 2. The summed E-state index contributed by atoms with van der Waals surface area (Å²) in [5, 5.41) is 8.76. The Morgan fingerprint density at radius 2 is 1.67 bits per heavy atom. The Labute approximate surface area is 128 Å². The summed E-state index contributed by atoms with van der Waals surface area (Å²) in [6, 6.07) is 7.52. The van der Waals surface area contributed by atoms with Crippen LogP contribution in [0.15, 0.2) is 29.2 Å². The van der Waals surface area contributed by atoms with Gasteiger partial charge in [0, 0.05) is 12.1 Å². The van der Waals surface area contributed by atoms with E-state index in [1.165, 1.54) is 32.1 Å². The Hall–Kier alpha value is -0.910. The van der Waals surface area contributed by atoms with E-state index < -0.39 is 10.0 Å². The molecule has 0 aromatic heterocycles. The number of rotatable bonds is 5. The van der Waals surface area contributed by atoms with Gasteiger partial charge in [0.25, 0.3) is 0 Å². The highest BCUT2D eigenvalue weighted by molar-refractivity contribution is 7.89. The molecule has 0 heterocycles. The maximum absolute atomic E-state index is 11.3. The molecule has 21 heavy (non-hydrogen) atoms. The van der Waals surface area contributed by atoms with Crippen molar-refractivity contribution < 1.29 is 8.42 Å². The van der Waals surface area contributed by atoms with Gasteiger partial charge in [-0.05, 0) is 50.3 Å². The lowest BCUT2D eigenvalue weighted by molar-refractivity contribution is 0.268. The van der Waals surface area contributed by atoms with Crippen molar-refractivity contribution in [1.82, 2.24) is 5.32 Å². The first-order chi connectivity index (χ1) is 9.88. The lowest BCUT2D eigenvalue weighted by Gasteiger charge is -2.30. The fourth-order valence-electron chi connectivity index (χ4n) is 3.21. The van der Waals surface area contributed by atoms with Crippen molar-refractivity contribution >= 4 is 10.0 Å². The predicted molar refractivity (Wildman–Crippen MR) is 85.4 cm³/mol. The van der Waals surface area contributed by atoms with Crippen molar-refractivity contribution in [3.63, 3.8) is 0 Å². The highest BCUT2D eigenvalue weighted by Crippen LogP contribution is 2.27. The van der Waals surface area contributed by atoms with Crippen molar-refractivity contribution in [3.05, 3.63) is 29.8 Å². The third-order valence-electron chi connectivity index (χ3n) is 4.58. The van der Waals surface area contributed by atoms with Gasteiger partial charge in [-0.25, -0.2) is 13.6 Å². The number of sulfonamides is 1. The molecule has 0 bridgehead atoms. The zero-order valence-corrected chi connectivity index (χ0v) is 13.7. The second-order valence-electron chi connectivity index (χ2n) is 6.19. The molecule has 0 radical (unpaired) electrons. The molecule has 2 atom stereocenters. The quantitative estimate of drug-likeness (QED) is 0.878. The molecule has 2 rings (SSSR count). The van der Waals surface area contributed by atoms with Crippen LogP contribution in [0.5, 0.6) is 0 Å². The Bertz CT molecular complexity index is 548. The van der Waals surface area contributed by atoms with Crippen LogP contribution in [0, 0.1) is 5.92 Å². The van der Waals surface area contributed by atoms with Crippen LogP contribution in [0.2, 0.25) is 0 Å². The van der Waals surface area contributed by atoms with E-state index >= 15 is 0 Å². The second kappa shape index (κ2) is 6.90. The summed E-state index contributed by atoms with van der Waals surface area (Å²) in [7, 11) is -3.61. The fourth-order valence-corrected chi connectivity index (χ4v) is 3.72. The zero-order chi connectivity index (χ0) is 15.5. The molecule has 0 saturated heterocycles. The van der Waals surface area contributed by atoms with Gasteiger partial charge < -0.3 is 5.32 Å². The van der Waals surface area contributed by atoms with E-state index in [9.17, 15) is 8.42 Å². The van der Waals surface area contributed by atoms with Gasteiger partial charge in [0.15, 0.2) is 0 Å². The van der Waals surface area contributed by atoms with Crippen LogP contribution >= 0.6 is 0 Å². The largest absolute Gasteiger partial charge is 0.307 e. The first kappa shape index (κ1) is 16.5. The lowest BCUT2D eigenvalue weighted by Crippen LogP contribution is -2.36. The lowest BCUT2D eigenvalue weighted by atomic mass is 9.84. The van der Waals surface area contributed by atoms with Crippen molar-refractivity contribution in [2.24, 2.45) is 11.1 Å². The van der Waals surface area contributed by atoms with E-state index in [2.05, 4.69) is 19.2 Å². The average molecular weight is 310 g/mol. The molecule has 1 aliphatic carbocycles.